The van der Waals surface area contributed by atoms with E-state index in [1.54, 1.807) is 19.2 Å². The summed E-state index contributed by atoms with van der Waals surface area (Å²) in [7, 11) is 4.48. The van der Waals surface area contributed by atoms with Crippen LogP contribution in [-0.2, 0) is 20.7 Å². The number of benzene rings is 3. The molecule has 10 nitrogen and oxygen atoms in total. The van der Waals surface area contributed by atoms with Gasteiger partial charge in [-0.3, -0.25) is 9.59 Å². The minimum atomic E-state index is -0.617. The van der Waals surface area contributed by atoms with Crippen LogP contribution in [0.3, 0.4) is 0 Å². The second-order valence-corrected chi connectivity index (χ2v) is 9.98. The summed E-state index contributed by atoms with van der Waals surface area (Å²) in [6, 6.07) is 13.9. The van der Waals surface area contributed by atoms with Gasteiger partial charge in [-0.2, -0.15) is 0 Å². The van der Waals surface area contributed by atoms with E-state index in [-0.39, 0.29) is 54.9 Å². The molecule has 1 fully saturated rings. The summed E-state index contributed by atoms with van der Waals surface area (Å²) >= 11 is 0. The molecular weight excluding hydrogens is 518 g/mol. The lowest BCUT2D eigenvalue weighted by Gasteiger charge is -2.39. The number of carbonyl (C=O) groups is 2. The van der Waals surface area contributed by atoms with Crippen LogP contribution >= 0.6 is 0 Å². The van der Waals surface area contributed by atoms with Crippen LogP contribution < -0.4 is 29.0 Å². The van der Waals surface area contributed by atoms with Gasteiger partial charge >= 0.3 is 5.97 Å². The molecule has 6 rings (SSSR count). The van der Waals surface area contributed by atoms with Gasteiger partial charge in [0.05, 0.1) is 46.3 Å². The van der Waals surface area contributed by atoms with Crippen molar-refractivity contribution in [2.75, 3.05) is 34.7 Å². The van der Waals surface area contributed by atoms with E-state index in [9.17, 15) is 14.7 Å². The van der Waals surface area contributed by atoms with E-state index in [4.69, 9.17) is 28.4 Å². The Kier molecular flexibility index (Phi) is 6.53. The minimum Gasteiger partial charge on any atom is -0.502 e. The molecule has 1 amide bonds. The fourth-order valence-electron chi connectivity index (χ4n) is 6.03. The Morgan fingerprint density at radius 3 is 2.33 bits per heavy atom. The Morgan fingerprint density at radius 2 is 1.65 bits per heavy atom. The molecule has 3 aromatic rings. The molecule has 1 saturated heterocycles. The number of carbonyl (C=O) groups excluding carboxylic acids is 2. The summed E-state index contributed by atoms with van der Waals surface area (Å²) in [5, 5.41) is 13.7. The fraction of sp³-hybridized carbons (Fsp3) is 0.333. The number of rotatable bonds is 7. The molecule has 0 radical (unpaired) electrons. The molecule has 40 heavy (non-hydrogen) atoms. The van der Waals surface area contributed by atoms with Gasteiger partial charge in [0.15, 0.2) is 23.0 Å². The maximum atomic E-state index is 13.4. The third-order valence-corrected chi connectivity index (χ3v) is 7.86. The number of ether oxygens (including phenoxy) is 6. The molecule has 4 atom stereocenters. The summed E-state index contributed by atoms with van der Waals surface area (Å²) in [4.78, 5) is 26.6. The molecule has 0 bridgehead atoms. The predicted octanol–water partition coefficient (Wildman–Crippen LogP) is 3.48. The lowest BCUT2D eigenvalue weighted by molar-refractivity contribution is -0.141. The van der Waals surface area contributed by atoms with Gasteiger partial charge in [-0.05, 0) is 58.7 Å². The lowest BCUT2D eigenvalue weighted by Crippen LogP contribution is -2.43. The van der Waals surface area contributed by atoms with E-state index in [0.717, 1.165) is 16.7 Å². The van der Waals surface area contributed by atoms with Gasteiger partial charge in [0.2, 0.25) is 18.4 Å². The van der Waals surface area contributed by atoms with Gasteiger partial charge < -0.3 is 38.8 Å². The molecule has 3 aliphatic rings. The highest BCUT2D eigenvalue weighted by atomic mass is 16.7. The van der Waals surface area contributed by atoms with Crippen LogP contribution in [-0.4, -0.2) is 51.7 Å². The summed E-state index contributed by atoms with van der Waals surface area (Å²) in [6.07, 6.45) is 0.134. The van der Waals surface area contributed by atoms with E-state index in [2.05, 4.69) is 5.32 Å². The number of amides is 1. The van der Waals surface area contributed by atoms with Crippen molar-refractivity contribution in [3.63, 3.8) is 0 Å². The predicted molar refractivity (Wildman–Crippen MR) is 141 cm³/mol. The van der Waals surface area contributed by atoms with Gasteiger partial charge in [-0.25, -0.2) is 0 Å². The Labute approximate surface area is 230 Å². The summed E-state index contributed by atoms with van der Waals surface area (Å²) in [5.41, 5.74) is 3.08. The van der Waals surface area contributed by atoms with Crippen LogP contribution in [0.15, 0.2) is 48.5 Å². The first-order valence-corrected chi connectivity index (χ1v) is 12.9. The van der Waals surface area contributed by atoms with Gasteiger partial charge in [0.1, 0.15) is 5.75 Å². The molecule has 0 unspecified atom stereocenters. The first-order valence-electron chi connectivity index (χ1n) is 12.9. The molecule has 10 heteroatoms. The Morgan fingerprint density at radius 1 is 0.950 bits per heavy atom. The van der Waals surface area contributed by atoms with Crippen LogP contribution in [0.25, 0.3) is 0 Å². The standard InChI is InChI=1S/C30H29NO9/c1-35-17-6-4-5-15(7-17)8-25(32)31-28-19-12-22-21(39-14-40-22)11-18(19)26(27-20(28)13-38-30(27)34)16-9-23(36-2)29(33)24(10-16)37-3/h4-7,9-12,20,26-28,33H,8,13-14H2,1-3H3,(H,31,32)/t20-,26+,27-,28+/m0/s1. The van der Waals surface area contributed by atoms with E-state index < -0.39 is 17.9 Å². The number of methoxy groups -OCH3 is 3. The van der Waals surface area contributed by atoms with E-state index in [1.165, 1.54) is 14.2 Å². The van der Waals surface area contributed by atoms with Crippen molar-refractivity contribution in [2.45, 2.75) is 18.4 Å². The average Bonchev–Trinajstić information content (AvgIpc) is 3.58. The van der Waals surface area contributed by atoms with Crippen LogP contribution in [0.4, 0.5) is 0 Å². The zero-order chi connectivity index (χ0) is 28.0. The highest BCUT2D eigenvalue weighted by molar-refractivity contribution is 5.82. The van der Waals surface area contributed by atoms with Crippen molar-refractivity contribution in [3.05, 3.63) is 70.8 Å². The summed E-state index contributed by atoms with van der Waals surface area (Å²) < 4.78 is 33.1. The fourth-order valence-corrected chi connectivity index (χ4v) is 6.03. The quantitative estimate of drug-likeness (QED) is 0.428. The van der Waals surface area contributed by atoms with E-state index in [1.807, 2.05) is 36.4 Å². The smallest absolute Gasteiger partial charge is 0.310 e. The third kappa shape index (κ3) is 4.29. The van der Waals surface area contributed by atoms with Crippen molar-refractivity contribution >= 4 is 11.9 Å². The number of phenols is 1. The number of cyclic esters (lactones) is 1. The van der Waals surface area contributed by atoms with Crippen molar-refractivity contribution in [2.24, 2.45) is 11.8 Å². The van der Waals surface area contributed by atoms with E-state index in [0.29, 0.717) is 22.8 Å². The Hall–Kier alpha value is -4.60. The number of hydrogen-bond donors (Lipinski definition) is 2. The van der Waals surface area contributed by atoms with Crippen molar-refractivity contribution in [1.82, 2.24) is 5.32 Å². The molecular formula is C30H29NO9. The third-order valence-electron chi connectivity index (χ3n) is 7.86. The Bertz CT molecular complexity index is 1460. The molecule has 1 aliphatic carbocycles. The SMILES string of the molecule is COc1cccc(CC(=O)N[C@@H]2c3cc4c(cc3[C@@H](c3cc(OC)c(O)c(OC)c3)[C@H]3C(=O)OC[C@@H]32)OCO4)c1. The number of esters is 1. The van der Waals surface area contributed by atoms with Crippen LogP contribution in [0.2, 0.25) is 0 Å². The molecule has 0 spiro atoms. The zero-order valence-electron chi connectivity index (χ0n) is 22.3. The number of aromatic hydroxyl groups is 1. The summed E-state index contributed by atoms with van der Waals surface area (Å²) in [5.74, 6) is 0.0483. The first kappa shape index (κ1) is 25.7. The van der Waals surface area contributed by atoms with Gasteiger partial charge in [-0.15, -0.1) is 0 Å². The maximum Gasteiger partial charge on any atom is 0.310 e. The monoisotopic (exact) mass is 547 g/mol. The van der Waals surface area contributed by atoms with Crippen LogP contribution in [0, 0.1) is 11.8 Å². The number of fused-ring (bicyclic) bond motifs is 3. The topological polar surface area (TPSA) is 122 Å². The normalized spacial score (nSPS) is 22.1. The molecule has 208 valence electrons. The molecule has 2 N–H and O–H groups in total. The highest BCUT2D eigenvalue weighted by Crippen LogP contribution is 2.55. The minimum absolute atomic E-state index is 0.0749. The second kappa shape index (κ2) is 10.2. The van der Waals surface area contributed by atoms with Crippen molar-refractivity contribution in [1.29, 1.82) is 0 Å². The molecule has 3 aromatic carbocycles. The molecule has 0 aromatic heterocycles. The average molecular weight is 548 g/mol. The lowest BCUT2D eigenvalue weighted by atomic mass is 9.65. The zero-order valence-corrected chi connectivity index (χ0v) is 22.3. The van der Waals surface area contributed by atoms with Crippen molar-refractivity contribution < 1.29 is 43.1 Å². The number of nitrogens with one attached hydrogen (secondary N) is 1. The van der Waals surface area contributed by atoms with Crippen molar-refractivity contribution in [3.8, 4) is 34.5 Å². The number of phenolic OH excluding ortho intramolecular Hbond substituents is 1. The van der Waals surface area contributed by atoms with Gasteiger partial charge in [0.25, 0.3) is 0 Å². The first-order chi connectivity index (χ1) is 19.4. The Balaban J connectivity index is 1.44. The van der Waals surface area contributed by atoms with Gasteiger partial charge in [0, 0.05) is 11.8 Å². The van der Waals surface area contributed by atoms with Crippen LogP contribution in [0.5, 0.6) is 34.5 Å². The molecule has 2 aliphatic heterocycles. The maximum absolute atomic E-state index is 13.4. The largest absolute Gasteiger partial charge is 0.502 e. The summed E-state index contributed by atoms with van der Waals surface area (Å²) in [6.45, 7) is 0.218. The van der Waals surface area contributed by atoms with E-state index >= 15 is 0 Å². The van der Waals surface area contributed by atoms with Gasteiger partial charge in [-0.1, -0.05) is 12.1 Å². The highest BCUT2D eigenvalue weighted by Gasteiger charge is 2.53. The number of hydrogen-bond acceptors (Lipinski definition) is 9. The molecule has 0 saturated carbocycles. The molecule has 2 heterocycles. The van der Waals surface area contributed by atoms with Crippen LogP contribution in [0.1, 0.15) is 34.2 Å². The second-order valence-electron chi connectivity index (χ2n) is 9.98.